The van der Waals surface area contributed by atoms with Crippen LogP contribution in [0.2, 0.25) is 0 Å². The van der Waals surface area contributed by atoms with Crippen LogP contribution in [-0.2, 0) is 0 Å². The highest BCUT2D eigenvalue weighted by molar-refractivity contribution is 4.81. The Morgan fingerprint density at radius 2 is 2.07 bits per heavy atom. The van der Waals surface area contributed by atoms with E-state index in [1.54, 1.807) is 0 Å². The van der Waals surface area contributed by atoms with E-state index in [1.807, 2.05) is 0 Å². The predicted molar refractivity (Wildman–Crippen MR) is 64.1 cm³/mol. The molecule has 0 aliphatic carbocycles. The molecule has 3 nitrogen and oxygen atoms in total. The van der Waals surface area contributed by atoms with E-state index in [2.05, 4.69) is 29.1 Å². The van der Waals surface area contributed by atoms with Crippen molar-refractivity contribution in [3.05, 3.63) is 0 Å². The van der Waals surface area contributed by atoms with Crippen molar-refractivity contribution in [1.29, 1.82) is 0 Å². The molecule has 0 aromatic carbocycles. The second-order valence-corrected chi connectivity index (χ2v) is 5.16. The van der Waals surface area contributed by atoms with E-state index in [9.17, 15) is 0 Å². The molecule has 2 rings (SSSR count). The van der Waals surface area contributed by atoms with Gasteiger partial charge in [-0.05, 0) is 45.4 Å². The molecule has 0 saturated carbocycles. The number of hydrogen-bond donors (Lipinski definition) is 1. The molecule has 1 N–H and O–H groups in total. The summed E-state index contributed by atoms with van der Waals surface area (Å²) in [5.41, 5.74) is 0. The van der Waals surface area contributed by atoms with Crippen LogP contribution in [0.25, 0.3) is 0 Å². The molecule has 88 valence electrons. The summed E-state index contributed by atoms with van der Waals surface area (Å²) < 4.78 is 0. The summed E-state index contributed by atoms with van der Waals surface area (Å²) >= 11 is 0. The van der Waals surface area contributed by atoms with Gasteiger partial charge in [-0.2, -0.15) is 0 Å². The summed E-state index contributed by atoms with van der Waals surface area (Å²) in [6, 6.07) is 0.790. The van der Waals surface area contributed by atoms with Crippen LogP contribution in [-0.4, -0.2) is 62.2 Å². The Morgan fingerprint density at radius 1 is 1.27 bits per heavy atom. The average Bonchev–Trinajstić information content (AvgIpc) is 2.18. The number of piperazine rings is 1. The number of nitrogens with zero attached hydrogens (tertiary/aromatic N) is 2. The highest BCUT2D eigenvalue weighted by Gasteiger charge is 2.24. The topological polar surface area (TPSA) is 18.5 Å². The van der Waals surface area contributed by atoms with Crippen molar-refractivity contribution in [3.63, 3.8) is 0 Å². The summed E-state index contributed by atoms with van der Waals surface area (Å²) in [5.74, 6) is 0.963. The third-order valence-corrected chi connectivity index (χ3v) is 4.05. The van der Waals surface area contributed by atoms with Gasteiger partial charge in [-0.15, -0.1) is 0 Å². The first-order valence-electron chi connectivity index (χ1n) is 6.43. The summed E-state index contributed by atoms with van der Waals surface area (Å²) in [6.07, 6.45) is 2.69. The summed E-state index contributed by atoms with van der Waals surface area (Å²) in [7, 11) is 2.27. The minimum atomic E-state index is 0.790. The van der Waals surface area contributed by atoms with E-state index in [4.69, 9.17) is 0 Å². The molecule has 0 spiro atoms. The normalized spacial score (nSPS) is 30.4. The molecular weight excluding hydrogens is 186 g/mol. The molecule has 1 atom stereocenters. The first-order valence-corrected chi connectivity index (χ1v) is 6.43. The molecule has 15 heavy (non-hydrogen) atoms. The highest BCUT2D eigenvalue weighted by Crippen LogP contribution is 2.14. The molecule has 0 aromatic heterocycles. The molecule has 2 aliphatic heterocycles. The minimum absolute atomic E-state index is 0.790. The van der Waals surface area contributed by atoms with Gasteiger partial charge in [0, 0.05) is 25.7 Å². The fraction of sp³-hybridized carbons (Fsp3) is 1.00. The molecule has 2 fully saturated rings. The van der Waals surface area contributed by atoms with Gasteiger partial charge < -0.3 is 15.1 Å². The lowest BCUT2D eigenvalue weighted by atomic mass is 9.98. The molecule has 0 radical (unpaired) electrons. The lowest BCUT2D eigenvalue weighted by Gasteiger charge is -2.40. The van der Waals surface area contributed by atoms with Crippen molar-refractivity contribution in [1.82, 2.24) is 15.1 Å². The van der Waals surface area contributed by atoms with E-state index in [0.717, 1.165) is 12.0 Å². The smallest absolute Gasteiger partial charge is 0.0218 e. The third-order valence-electron chi connectivity index (χ3n) is 4.05. The lowest BCUT2D eigenvalue weighted by molar-refractivity contribution is 0.0863. The van der Waals surface area contributed by atoms with Gasteiger partial charge in [-0.1, -0.05) is 6.92 Å². The molecule has 2 aliphatic rings. The van der Waals surface area contributed by atoms with E-state index < -0.39 is 0 Å². The quantitative estimate of drug-likeness (QED) is 0.735. The summed E-state index contributed by atoms with van der Waals surface area (Å²) in [5, 5.41) is 3.35. The van der Waals surface area contributed by atoms with Crippen LogP contribution in [0.3, 0.4) is 0 Å². The van der Waals surface area contributed by atoms with Gasteiger partial charge in [0.05, 0.1) is 0 Å². The highest BCUT2D eigenvalue weighted by atomic mass is 15.3. The fourth-order valence-corrected chi connectivity index (χ4v) is 2.57. The van der Waals surface area contributed by atoms with Crippen molar-refractivity contribution in [3.8, 4) is 0 Å². The largest absolute Gasteiger partial charge is 0.316 e. The number of rotatable bonds is 4. The van der Waals surface area contributed by atoms with E-state index in [0.29, 0.717) is 0 Å². The SMILES string of the molecule is CCC1CN(CCC2CNC2)CCN1C. The number of nitrogens with one attached hydrogen (secondary N) is 1. The predicted octanol–water partition coefficient (Wildman–Crippen LogP) is 0.622. The molecule has 0 bridgehead atoms. The maximum absolute atomic E-state index is 3.35. The van der Waals surface area contributed by atoms with Crippen LogP contribution in [0.5, 0.6) is 0 Å². The van der Waals surface area contributed by atoms with E-state index in [-0.39, 0.29) is 0 Å². The Kier molecular flexibility index (Phi) is 4.00. The van der Waals surface area contributed by atoms with Crippen molar-refractivity contribution in [2.75, 3.05) is 46.3 Å². The molecule has 3 heteroatoms. The lowest BCUT2D eigenvalue weighted by Crippen LogP contribution is -2.52. The summed E-state index contributed by atoms with van der Waals surface area (Å²) in [4.78, 5) is 5.17. The minimum Gasteiger partial charge on any atom is -0.316 e. The monoisotopic (exact) mass is 211 g/mol. The number of likely N-dealkylation sites (N-methyl/N-ethyl adjacent to an activating group) is 1. The van der Waals surface area contributed by atoms with Gasteiger partial charge >= 0.3 is 0 Å². The number of hydrogen-bond acceptors (Lipinski definition) is 3. The molecule has 2 saturated heterocycles. The first-order chi connectivity index (χ1) is 7.29. The molecule has 0 aromatic rings. The zero-order valence-electron chi connectivity index (χ0n) is 10.2. The second kappa shape index (κ2) is 5.28. The molecule has 1 unspecified atom stereocenters. The second-order valence-electron chi connectivity index (χ2n) is 5.16. The standard InChI is InChI=1S/C12H25N3/c1-3-12-10-15(7-6-14(12)2)5-4-11-8-13-9-11/h11-13H,3-10H2,1-2H3. The molecule has 2 heterocycles. The van der Waals surface area contributed by atoms with Gasteiger partial charge in [0.15, 0.2) is 0 Å². The van der Waals surface area contributed by atoms with Crippen LogP contribution in [0.1, 0.15) is 19.8 Å². The van der Waals surface area contributed by atoms with Crippen LogP contribution in [0, 0.1) is 5.92 Å². The van der Waals surface area contributed by atoms with Crippen molar-refractivity contribution in [2.45, 2.75) is 25.8 Å². The first kappa shape index (κ1) is 11.4. The zero-order valence-corrected chi connectivity index (χ0v) is 10.2. The van der Waals surface area contributed by atoms with Crippen LogP contribution in [0.4, 0.5) is 0 Å². The van der Waals surface area contributed by atoms with Gasteiger partial charge in [0.2, 0.25) is 0 Å². The Bertz CT molecular complexity index is 191. The van der Waals surface area contributed by atoms with Gasteiger partial charge in [-0.3, -0.25) is 0 Å². The van der Waals surface area contributed by atoms with Crippen LogP contribution in [0.15, 0.2) is 0 Å². The Labute approximate surface area is 93.8 Å². The molecule has 0 amide bonds. The Balaban J connectivity index is 1.68. The summed E-state index contributed by atoms with van der Waals surface area (Å²) in [6.45, 7) is 9.94. The zero-order chi connectivity index (χ0) is 10.7. The Hall–Kier alpha value is -0.120. The maximum atomic E-state index is 3.35. The van der Waals surface area contributed by atoms with Crippen LogP contribution >= 0.6 is 0 Å². The van der Waals surface area contributed by atoms with Crippen molar-refractivity contribution in [2.24, 2.45) is 5.92 Å². The Morgan fingerprint density at radius 3 is 2.67 bits per heavy atom. The van der Waals surface area contributed by atoms with Crippen LogP contribution < -0.4 is 5.32 Å². The van der Waals surface area contributed by atoms with E-state index >= 15 is 0 Å². The van der Waals surface area contributed by atoms with Gasteiger partial charge in [-0.25, -0.2) is 0 Å². The van der Waals surface area contributed by atoms with E-state index in [1.165, 1.54) is 52.1 Å². The van der Waals surface area contributed by atoms with Gasteiger partial charge in [0.25, 0.3) is 0 Å². The van der Waals surface area contributed by atoms with Crippen molar-refractivity contribution < 1.29 is 0 Å². The molecular formula is C12H25N3. The average molecular weight is 211 g/mol. The fourth-order valence-electron chi connectivity index (χ4n) is 2.57. The van der Waals surface area contributed by atoms with Crippen molar-refractivity contribution >= 4 is 0 Å². The maximum Gasteiger partial charge on any atom is 0.0218 e. The van der Waals surface area contributed by atoms with Gasteiger partial charge in [0.1, 0.15) is 0 Å². The third kappa shape index (κ3) is 2.92.